The van der Waals surface area contributed by atoms with Crippen molar-refractivity contribution in [2.75, 3.05) is 0 Å². The molecule has 1 heterocycles. The van der Waals surface area contributed by atoms with E-state index in [-0.39, 0.29) is 0 Å². The number of aryl methyl sites for hydroxylation is 1. The molecule has 1 aromatic carbocycles. The molecule has 13 heavy (non-hydrogen) atoms. The first kappa shape index (κ1) is 8.19. The van der Waals surface area contributed by atoms with Gasteiger partial charge in [0.15, 0.2) is 6.33 Å². The largest absolute Gasteiger partial charge is 0.162 e. The maximum Gasteiger partial charge on any atom is 0.162 e. The van der Waals surface area contributed by atoms with Crippen LogP contribution in [0, 0.1) is 6.92 Å². The minimum Gasteiger partial charge on any atom is -0.135 e. The van der Waals surface area contributed by atoms with E-state index in [0.717, 1.165) is 11.3 Å². The molecule has 0 atom stereocenters. The third kappa shape index (κ3) is 1.53. The van der Waals surface area contributed by atoms with Gasteiger partial charge in [0.25, 0.3) is 0 Å². The SMILES string of the molecule is Cc1cc(Cl)ccc1-n1ncnn1. The fourth-order valence-corrected chi connectivity index (χ4v) is 1.35. The molecule has 0 saturated carbocycles. The van der Waals surface area contributed by atoms with E-state index in [1.54, 1.807) is 6.07 Å². The average Bonchev–Trinajstić information content (AvgIpc) is 2.56. The second-order valence-electron chi connectivity index (χ2n) is 2.66. The predicted octanol–water partition coefficient (Wildman–Crippen LogP) is 1.62. The van der Waals surface area contributed by atoms with Crippen molar-refractivity contribution in [1.29, 1.82) is 0 Å². The molecule has 0 saturated heterocycles. The van der Waals surface area contributed by atoms with E-state index in [0.29, 0.717) is 5.02 Å². The van der Waals surface area contributed by atoms with Crippen molar-refractivity contribution in [2.24, 2.45) is 0 Å². The summed E-state index contributed by atoms with van der Waals surface area (Å²) < 4.78 is 0. The van der Waals surface area contributed by atoms with Gasteiger partial charge >= 0.3 is 0 Å². The number of hydrogen-bond acceptors (Lipinski definition) is 3. The zero-order chi connectivity index (χ0) is 9.26. The first-order valence-corrected chi connectivity index (χ1v) is 4.14. The molecule has 2 rings (SSSR count). The number of benzene rings is 1. The molecule has 4 nitrogen and oxygen atoms in total. The highest BCUT2D eigenvalue weighted by atomic mass is 35.5. The molecule has 0 aliphatic rings. The minimum atomic E-state index is 0.710. The molecule has 1 aromatic heterocycles. The molecule has 0 fully saturated rings. The van der Waals surface area contributed by atoms with Gasteiger partial charge in [0.1, 0.15) is 0 Å². The first-order chi connectivity index (χ1) is 6.27. The lowest BCUT2D eigenvalue weighted by atomic mass is 10.2. The van der Waals surface area contributed by atoms with Crippen LogP contribution in [0.1, 0.15) is 5.56 Å². The van der Waals surface area contributed by atoms with Crippen LogP contribution in [0.3, 0.4) is 0 Å². The predicted molar refractivity (Wildman–Crippen MR) is 48.9 cm³/mol. The molecule has 0 aliphatic carbocycles. The van der Waals surface area contributed by atoms with Crippen LogP contribution in [0.2, 0.25) is 5.02 Å². The van der Waals surface area contributed by atoms with Crippen LogP contribution < -0.4 is 0 Å². The molecular weight excluding hydrogens is 188 g/mol. The second-order valence-corrected chi connectivity index (χ2v) is 3.09. The summed E-state index contributed by atoms with van der Waals surface area (Å²) in [6.07, 6.45) is 1.40. The van der Waals surface area contributed by atoms with Crippen molar-refractivity contribution in [2.45, 2.75) is 6.92 Å². The summed E-state index contributed by atoms with van der Waals surface area (Å²) in [5, 5.41) is 12.1. The number of halogens is 1. The Morgan fingerprint density at radius 2 is 2.23 bits per heavy atom. The summed E-state index contributed by atoms with van der Waals surface area (Å²) >= 11 is 5.81. The fourth-order valence-electron chi connectivity index (χ4n) is 1.12. The summed E-state index contributed by atoms with van der Waals surface area (Å²) in [6.45, 7) is 1.95. The van der Waals surface area contributed by atoms with Gasteiger partial charge in [0.05, 0.1) is 5.69 Å². The zero-order valence-corrected chi connectivity index (χ0v) is 7.73. The van der Waals surface area contributed by atoms with Crippen molar-refractivity contribution in [3.63, 3.8) is 0 Å². The maximum atomic E-state index is 5.81. The molecule has 0 amide bonds. The highest BCUT2D eigenvalue weighted by molar-refractivity contribution is 6.30. The lowest BCUT2D eigenvalue weighted by Gasteiger charge is -2.02. The molecule has 66 valence electrons. The summed E-state index contributed by atoms with van der Waals surface area (Å²) in [7, 11) is 0. The Kier molecular flexibility index (Phi) is 1.98. The van der Waals surface area contributed by atoms with Crippen molar-refractivity contribution < 1.29 is 0 Å². The van der Waals surface area contributed by atoms with Crippen LogP contribution in [0.25, 0.3) is 5.69 Å². The van der Waals surface area contributed by atoms with Crippen LogP contribution in [-0.2, 0) is 0 Å². The van der Waals surface area contributed by atoms with E-state index in [2.05, 4.69) is 15.4 Å². The van der Waals surface area contributed by atoms with Crippen LogP contribution in [0.4, 0.5) is 0 Å². The molecule has 0 bridgehead atoms. The molecule has 0 spiro atoms. The Labute approximate surface area is 80.1 Å². The Balaban J connectivity index is 2.53. The van der Waals surface area contributed by atoms with E-state index < -0.39 is 0 Å². The molecular formula is C8H7ClN4. The van der Waals surface area contributed by atoms with Gasteiger partial charge in [-0.1, -0.05) is 11.6 Å². The van der Waals surface area contributed by atoms with Gasteiger partial charge in [-0.05, 0) is 35.9 Å². The summed E-state index contributed by atoms with van der Waals surface area (Å²) in [5.74, 6) is 0. The Hall–Kier alpha value is -1.42. The lowest BCUT2D eigenvalue weighted by Crippen LogP contribution is -2.00. The summed E-state index contributed by atoms with van der Waals surface area (Å²) in [6, 6.07) is 5.52. The quantitative estimate of drug-likeness (QED) is 0.693. The van der Waals surface area contributed by atoms with Gasteiger partial charge in [0.2, 0.25) is 0 Å². The number of hydrogen-bond donors (Lipinski definition) is 0. The third-order valence-corrected chi connectivity index (χ3v) is 1.96. The third-order valence-electron chi connectivity index (χ3n) is 1.72. The van der Waals surface area contributed by atoms with Crippen molar-refractivity contribution in [3.8, 4) is 5.69 Å². The Morgan fingerprint density at radius 1 is 1.38 bits per heavy atom. The van der Waals surface area contributed by atoms with Gasteiger partial charge in [0, 0.05) is 5.02 Å². The van der Waals surface area contributed by atoms with Crippen molar-refractivity contribution in [3.05, 3.63) is 35.1 Å². The van der Waals surface area contributed by atoms with E-state index in [4.69, 9.17) is 11.6 Å². The minimum absolute atomic E-state index is 0.710. The van der Waals surface area contributed by atoms with E-state index in [1.807, 2.05) is 19.1 Å². The smallest absolute Gasteiger partial charge is 0.135 e. The monoisotopic (exact) mass is 194 g/mol. The first-order valence-electron chi connectivity index (χ1n) is 3.77. The zero-order valence-electron chi connectivity index (χ0n) is 6.98. The lowest BCUT2D eigenvalue weighted by molar-refractivity contribution is 0.716. The topological polar surface area (TPSA) is 43.6 Å². The van der Waals surface area contributed by atoms with Gasteiger partial charge < -0.3 is 0 Å². The Morgan fingerprint density at radius 3 is 2.85 bits per heavy atom. The number of rotatable bonds is 1. The number of aromatic nitrogens is 4. The fraction of sp³-hybridized carbons (Fsp3) is 0.125. The van der Waals surface area contributed by atoms with E-state index in [1.165, 1.54) is 11.1 Å². The maximum absolute atomic E-state index is 5.81. The standard InChI is InChI=1S/C8H7ClN4/c1-6-4-7(9)2-3-8(6)13-11-5-10-12-13/h2-5H,1H3. The van der Waals surface area contributed by atoms with Crippen LogP contribution in [0.15, 0.2) is 24.5 Å². The normalized spacial score (nSPS) is 10.3. The highest BCUT2D eigenvalue weighted by Gasteiger charge is 2.02. The van der Waals surface area contributed by atoms with Crippen molar-refractivity contribution in [1.82, 2.24) is 20.2 Å². The number of tetrazole rings is 1. The molecule has 0 aliphatic heterocycles. The summed E-state index contributed by atoms with van der Waals surface area (Å²) in [5.41, 5.74) is 1.91. The van der Waals surface area contributed by atoms with E-state index >= 15 is 0 Å². The van der Waals surface area contributed by atoms with Crippen LogP contribution in [0.5, 0.6) is 0 Å². The van der Waals surface area contributed by atoms with Gasteiger partial charge in [-0.3, -0.25) is 0 Å². The molecule has 0 radical (unpaired) electrons. The Bertz CT molecular complexity index is 410. The molecule has 2 aromatic rings. The van der Waals surface area contributed by atoms with Gasteiger partial charge in [-0.15, -0.1) is 15.0 Å². The van der Waals surface area contributed by atoms with Crippen molar-refractivity contribution >= 4 is 11.6 Å². The second kappa shape index (κ2) is 3.14. The van der Waals surface area contributed by atoms with Gasteiger partial charge in [-0.2, -0.15) is 0 Å². The molecule has 5 heteroatoms. The highest BCUT2D eigenvalue weighted by Crippen LogP contribution is 2.16. The number of nitrogens with zero attached hydrogens (tertiary/aromatic N) is 4. The van der Waals surface area contributed by atoms with E-state index in [9.17, 15) is 0 Å². The van der Waals surface area contributed by atoms with Crippen LogP contribution >= 0.6 is 11.6 Å². The van der Waals surface area contributed by atoms with Gasteiger partial charge in [-0.25, -0.2) is 0 Å². The molecule has 0 unspecified atom stereocenters. The average molecular weight is 195 g/mol. The summed E-state index contributed by atoms with van der Waals surface area (Å²) in [4.78, 5) is 1.46. The molecule has 0 N–H and O–H groups in total. The van der Waals surface area contributed by atoms with Crippen LogP contribution in [-0.4, -0.2) is 20.2 Å².